The highest BCUT2D eigenvalue weighted by Crippen LogP contribution is 2.39. The fraction of sp³-hybridized carbons (Fsp3) is 0.500. The monoisotopic (exact) mass is 247 g/mol. The van der Waals surface area contributed by atoms with Crippen LogP contribution in [0, 0.1) is 0 Å². The van der Waals surface area contributed by atoms with E-state index in [1.165, 1.54) is 0 Å². The molecule has 1 atom stereocenters. The molecule has 1 heterocycles. The third kappa shape index (κ3) is 2.66. The highest BCUT2D eigenvalue weighted by molar-refractivity contribution is 6.41. The molecular formula is C12H13B4NO2. The van der Waals surface area contributed by atoms with E-state index in [0.29, 0.717) is 17.1 Å². The Bertz CT molecular complexity index is 475. The van der Waals surface area contributed by atoms with Crippen molar-refractivity contribution >= 4 is 31.4 Å². The topological polar surface area (TPSA) is 30.5 Å². The molecule has 90 valence electrons. The molecule has 3 nitrogen and oxygen atoms in total. The summed E-state index contributed by atoms with van der Waals surface area (Å²) in [7, 11) is 25.4. The van der Waals surface area contributed by atoms with Gasteiger partial charge in [-0.1, -0.05) is 23.8 Å². The summed E-state index contributed by atoms with van der Waals surface area (Å²) in [6.07, 6.45) is 0.787. The summed E-state index contributed by atoms with van der Waals surface area (Å²) < 4.78 is 10.5. The van der Waals surface area contributed by atoms with Gasteiger partial charge in [-0.15, -0.1) is 0 Å². The van der Waals surface area contributed by atoms with Gasteiger partial charge in [0.2, 0.25) is 0 Å². The van der Waals surface area contributed by atoms with Crippen LogP contribution in [0.15, 0.2) is 18.2 Å². The molecule has 0 fully saturated rings. The van der Waals surface area contributed by atoms with Gasteiger partial charge in [0.1, 0.15) is 0 Å². The van der Waals surface area contributed by atoms with Crippen LogP contribution in [-0.2, 0) is 5.21 Å². The lowest BCUT2D eigenvalue weighted by Crippen LogP contribution is -2.48. The normalized spacial score (nSPS) is 18.2. The van der Waals surface area contributed by atoms with Crippen molar-refractivity contribution in [2.45, 2.75) is 30.2 Å². The number of hydrogen-bond donors (Lipinski definition) is 1. The first-order valence-corrected chi connectivity index (χ1v) is 6.15. The van der Waals surface area contributed by atoms with Crippen molar-refractivity contribution in [2.24, 2.45) is 0 Å². The molecule has 0 bridgehead atoms. The van der Waals surface area contributed by atoms with E-state index in [1.54, 1.807) is 18.2 Å². The Morgan fingerprint density at radius 3 is 2.47 bits per heavy atom. The van der Waals surface area contributed by atoms with Gasteiger partial charge < -0.3 is 14.8 Å². The van der Waals surface area contributed by atoms with Crippen molar-refractivity contribution in [1.82, 2.24) is 5.32 Å². The molecule has 0 aromatic heterocycles. The Labute approximate surface area is 119 Å². The maximum Gasteiger partial charge on any atom is 0.175 e. The van der Waals surface area contributed by atoms with E-state index in [2.05, 4.69) is 5.32 Å². The molecule has 1 aromatic carbocycles. The van der Waals surface area contributed by atoms with Crippen LogP contribution in [0.2, 0.25) is 0 Å². The molecule has 0 unspecified atom stereocenters. The summed E-state index contributed by atoms with van der Waals surface area (Å²) >= 11 is 0. The SMILES string of the molecule is [B]C1([B])Oc2ccc(C([B])([B])[C@H](CC)NC)cc2O1. The zero-order valence-corrected chi connectivity index (χ0v) is 11.1. The first-order chi connectivity index (χ1) is 8.80. The number of fused-ring (bicyclic) bond motifs is 1. The summed E-state index contributed by atoms with van der Waals surface area (Å²) in [4.78, 5) is 0. The van der Waals surface area contributed by atoms with Crippen molar-refractivity contribution < 1.29 is 9.47 Å². The quantitative estimate of drug-likeness (QED) is 0.752. The van der Waals surface area contributed by atoms with E-state index in [9.17, 15) is 0 Å². The van der Waals surface area contributed by atoms with Crippen LogP contribution in [-0.4, -0.2) is 50.1 Å². The van der Waals surface area contributed by atoms with Gasteiger partial charge in [-0.3, -0.25) is 0 Å². The van der Waals surface area contributed by atoms with Crippen LogP contribution in [0.25, 0.3) is 0 Å². The molecule has 0 aliphatic carbocycles. The second-order valence-corrected chi connectivity index (χ2v) is 4.77. The first kappa shape index (κ1) is 14.4. The molecule has 7 heteroatoms. The van der Waals surface area contributed by atoms with Gasteiger partial charge in [0.15, 0.2) is 32.8 Å². The summed E-state index contributed by atoms with van der Waals surface area (Å²) in [5, 5.41) is 2.07. The molecule has 0 saturated carbocycles. The molecule has 0 saturated heterocycles. The predicted octanol–water partition coefficient (Wildman–Crippen LogP) is -0.106. The van der Waals surface area contributed by atoms with Crippen LogP contribution < -0.4 is 14.8 Å². The fourth-order valence-corrected chi connectivity index (χ4v) is 2.29. The van der Waals surface area contributed by atoms with Gasteiger partial charge in [0, 0.05) is 6.04 Å². The van der Waals surface area contributed by atoms with Crippen molar-refractivity contribution in [1.29, 1.82) is 0 Å². The highest BCUT2D eigenvalue weighted by Gasteiger charge is 2.33. The smallest absolute Gasteiger partial charge is 0.175 e. The fourth-order valence-electron chi connectivity index (χ4n) is 2.29. The summed E-state index contributed by atoms with van der Waals surface area (Å²) in [6, 6.07) is 5.11. The van der Waals surface area contributed by atoms with Crippen LogP contribution in [0.3, 0.4) is 0 Å². The second-order valence-electron chi connectivity index (χ2n) is 4.77. The average Bonchev–Trinajstić information content (AvgIpc) is 2.62. The summed E-state index contributed by atoms with van der Waals surface area (Å²) in [6.45, 7) is 2.01. The molecule has 1 aromatic rings. The average molecular weight is 246 g/mol. The van der Waals surface area contributed by atoms with E-state index in [4.69, 9.17) is 40.9 Å². The maximum absolute atomic E-state index is 6.22. The van der Waals surface area contributed by atoms with Gasteiger partial charge >= 0.3 is 0 Å². The van der Waals surface area contributed by atoms with Gasteiger partial charge in [-0.05, 0) is 25.6 Å². The third-order valence-corrected chi connectivity index (χ3v) is 3.32. The van der Waals surface area contributed by atoms with E-state index in [1.807, 2.05) is 14.0 Å². The van der Waals surface area contributed by atoms with Crippen LogP contribution >= 0.6 is 0 Å². The number of benzene rings is 1. The lowest BCUT2D eigenvalue weighted by molar-refractivity contribution is 0.0833. The van der Waals surface area contributed by atoms with E-state index in [0.717, 1.165) is 6.42 Å². The Hall–Kier alpha value is -0.960. The Morgan fingerprint density at radius 1 is 1.26 bits per heavy atom. The van der Waals surface area contributed by atoms with Crippen molar-refractivity contribution in [2.75, 3.05) is 7.05 Å². The summed E-state index contributed by atoms with van der Waals surface area (Å²) in [5.41, 5.74) is -0.922. The first-order valence-electron chi connectivity index (χ1n) is 6.15. The van der Waals surface area contributed by atoms with Crippen molar-refractivity contribution in [3.63, 3.8) is 0 Å². The van der Waals surface area contributed by atoms with Crippen LogP contribution in [0.5, 0.6) is 11.5 Å². The molecule has 8 radical (unpaired) electrons. The van der Waals surface area contributed by atoms with Gasteiger partial charge in [0.05, 0.1) is 15.7 Å². The van der Waals surface area contributed by atoms with E-state index >= 15 is 0 Å². The number of ether oxygens (including phenoxy) is 2. The molecular weight excluding hydrogens is 233 g/mol. The highest BCUT2D eigenvalue weighted by atomic mass is 16.7. The van der Waals surface area contributed by atoms with Crippen LogP contribution in [0.1, 0.15) is 18.9 Å². The number of likely N-dealkylation sites (N-methyl/N-ethyl adjacent to an activating group) is 1. The zero-order valence-electron chi connectivity index (χ0n) is 11.1. The molecule has 0 spiro atoms. The standard InChI is InChI=1S/C12H13B4NO2/c1-3-10(17-2)11(13,14)7-4-5-8-9(6-7)19-12(15,16)18-8/h4-6,10,17H,3H2,1-2H3/t10-/m0/s1. The second kappa shape index (κ2) is 4.86. The minimum Gasteiger partial charge on any atom is -0.468 e. The van der Waals surface area contributed by atoms with Crippen molar-refractivity contribution in [3.8, 4) is 11.5 Å². The predicted molar refractivity (Wildman–Crippen MR) is 78.3 cm³/mol. The van der Waals surface area contributed by atoms with Gasteiger partial charge in [-0.25, -0.2) is 0 Å². The van der Waals surface area contributed by atoms with Gasteiger partial charge in [-0.2, -0.15) is 0 Å². The zero-order chi connectivity index (χ0) is 14.3. The maximum atomic E-state index is 6.22. The minimum atomic E-state index is -1.64. The Balaban J connectivity index is 2.34. The number of nitrogens with one attached hydrogen (secondary N) is 1. The Morgan fingerprint density at radius 2 is 1.89 bits per heavy atom. The third-order valence-electron chi connectivity index (χ3n) is 3.32. The lowest BCUT2D eigenvalue weighted by Gasteiger charge is -2.35. The van der Waals surface area contributed by atoms with Crippen LogP contribution in [0.4, 0.5) is 0 Å². The minimum absolute atomic E-state index is 0.0756. The molecule has 1 aliphatic rings. The van der Waals surface area contributed by atoms with E-state index < -0.39 is 10.8 Å². The largest absolute Gasteiger partial charge is 0.468 e. The summed E-state index contributed by atoms with van der Waals surface area (Å²) in [5.74, 6) is 0.913. The Kier molecular flexibility index (Phi) is 3.69. The lowest BCUT2D eigenvalue weighted by atomic mass is 9.47. The van der Waals surface area contributed by atoms with Gasteiger partial charge in [0.25, 0.3) is 0 Å². The van der Waals surface area contributed by atoms with Crippen molar-refractivity contribution in [3.05, 3.63) is 23.8 Å². The number of hydrogen-bond acceptors (Lipinski definition) is 3. The molecule has 19 heavy (non-hydrogen) atoms. The molecule has 2 rings (SSSR count). The van der Waals surface area contributed by atoms with E-state index in [-0.39, 0.29) is 6.04 Å². The molecule has 0 amide bonds. The molecule has 1 N–H and O–H groups in total. The number of rotatable bonds is 4. The molecule has 1 aliphatic heterocycles.